The molecule has 6 nitrogen and oxygen atoms in total. The molecule has 27 heavy (non-hydrogen) atoms. The summed E-state index contributed by atoms with van der Waals surface area (Å²) in [5.41, 5.74) is -0.0142. The summed E-state index contributed by atoms with van der Waals surface area (Å²) in [5, 5.41) is 20.9. The Labute approximate surface area is 157 Å². The third kappa shape index (κ3) is 3.26. The van der Waals surface area contributed by atoms with Crippen molar-refractivity contribution < 1.29 is 9.59 Å². The van der Waals surface area contributed by atoms with Crippen molar-refractivity contribution in [3.05, 3.63) is 71.8 Å². The second-order valence-electron chi connectivity index (χ2n) is 6.35. The summed E-state index contributed by atoms with van der Waals surface area (Å²) in [6.07, 6.45) is 0.512. The molecule has 1 saturated heterocycles. The molecule has 0 radical (unpaired) electrons. The molecule has 1 aliphatic rings. The van der Waals surface area contributed by atoms with Crippen LogP contribution in [-0.2, 0) is 10.3 Å². The highest BCUT2D eigenvalue weighted by Gasteiger charge is 2.53. The summed E-state index contributed by atoms with van der Waals surface area (Å²) < 4.78 is 0. The number of hydrogen-bond acceptors (Lipinski definition) is 4. The predicted molar refractivity (Wildman–Crippen MR) is 97.9 cm³/mol. The van der Waals surface area contributed by atoms with Crippen molar-refractivity contribution in [1.82, 2.24) is 10.2 Å². The van der Waals surface area contributed by atoms with E-state index < -0.39 is 23.4 Å². The van der Waals surface area contributed by atoms with Gasteiger partial charge >= 0.3 is 6.03 Å². The molecule has 1 N–H and O–H groups in total. The van der Waals surface area contributed by atoms with E-state index in [0.717, 1.165) is 4.90 Å². The first-order chi connectivity index (χ1) is 13.1. The zero-order chi connectivity index (χ0) is 19.3. The molecule has 134 valence electrons. The van der Waals surface area contributed by atoms with Crippen LogP contribution in [0.2, 0.25) is 0 Å². The normalized spacial score (nSPS) is 16.3. The van der Waals surface area contributed by atoms with Gasteiger partial charge in [-0.1, -0.05) is 60.7 Å². The maximum atomic E-state index is 13.4. The Morgan fingerprint density at radius 2 is 1.52 bits per heavy atom. The maximum Gasteiger partial charge on any atom is 0.325 e. The van der Waals surface area contributed by atoms with Crippen molar-refractivity contribution in [1.29, 1.82) is 10.5 Å². The number of rotatable bonds is 6. The van der Waals surface area contributed by atoms with Crippen LogP contribution in [0.15, 0.2) is 60.7 Å². The van der Waals surface area contributed by atoms with Crippen LogP contribution in [0.5, 0.6) is 0 Å². The molecule has 2 aromatic rings. The minimum Gasteiger partial charge on any atom is -0.315 e. The first kappa shape index (κ1) is 18.2. The molecule has 0 spiro atoms. The van der Waals surface area contributed by atoms with Crippen molar-refractivity contribution in [2.75, 3.05) is 6.54 Å². The average Bonchev–Trinajstić information content (AvgIpc) is 2.97. The molecule has 1 atom stereocenters. The third-order valence-electron chi connectivity index (χ3n) is 4.71. The Hall–Kier alpha value is -3.64. The van der Waals surface area contributed by atoms with Gasteiger partial charge < -0.3 is 5.32 Å². The van der Waals surface area contributed by atoms with E-state index in [1.807, 2.05) is 42.5 Å². The average molecular weight is 358 g/mol. The predicted octanol–water partition coefficient (Wildman–Crippen LogP) is 2.93. The fourth-order valence-electron chi connectivity index (χ4n) is 3.33. The molecular formula is C21H18N4O2. The topological polar surface area (TPSA) is 97.0 Å². The van der Waals surface area contributed by atoms with Gasteiger partial charge in [-0.05, 0) is 17.5 Å². The number of benzene rings is 2. The molecule has 0 bridgehead atoms. The number of nitriles is 2. The first-order valence-electron chi connectivity index (χ1n) is 8.65. The van der Waals surface area contributed by atoms with E-state index in [4.69, 9.17) is 5.26 Å². The molecule has 0 saturated carbocycles. The second kappa shape index (κ2) is 7.72. The van der Waals surface area contributed by atoms with Crippen LogP contribution < -0.4 is 5.32 Å². The second-order valence-corrected chi connectivity index (χ2v) is 6.35. The number of carbonyl (C=O) groups excluding carboxylic acids is 2. The lowest BCUT2D eigenvalue weighted by Crippen LogP contribution is -2.45. The van der Waals surface area contributed by atoms with Crippen molar-refractivity contribution in [3.8, 4) is 12.1 Å². The number of urea groups is 1. The van der Waals surface area contributed by atoms with Gasteiger partial charge in [-0.25, -0.2) is 4.79 Å². The number of imide groups is 1. The Bertz CT molecular complexity index is 873. The van der Waals surface area contributed by atoms with E-state index in [1.54, 1.807) is 24.3 Å². The van der Waals surface area contributed by atoms with E-state index in [1.165, 1.54) is 0 Å². The summed E-state index contributed by atoms with van der Waals surface area (Å²) in [6.45, 7) is -0.0374. The third-order valence-corrected chi connectivity index (χ3v) is 4.71. The number of carbonyl (C=O) groups is 2. The Morgan fingerprint density at radius 1 is 0.963 bits per heavy atom. The molecule has 6 heteroatoms. The van der Waals surface area contributed by atoms with Gasteiger partial charge in [-0.2, -0.15) is 10.5 Å². The number of amides is 3. The quantitative estimate of drug-likeness (QED) is 0.803. The SMILES string of the molecule is N#CCC[C@@H](C#N)CN1C(=O)NC(c2ccccc2)(c2ccccc2)C1=O. The van der Waals surface area contributed by atoms with E-state index in [-0.39, 0.29) is 13.0 Å². The highest BCUT2D eigenvalue weighted by molar-refractivity contribution is 6.09. The molecule has 1 fully saturated rings. The summed E-state index contributed by atoms with van der Waals surface area (Å²) >= 11 is 0. The van der Waals surface area contributed by atoms with Crippen molar-refractivity contribution in [3.63, 3.8) is 0 Å². The van der Waals surface area contributed by atoms with Gasteiger partial charge in [0.15, 0.2) is 5.54 Å². The van der Waals surface area contributed by atoms with Gasteiger partial charge in [0.05, 0.1) is 18.1 Å². The standard InChI is InChI=1S/C21H18N4O2/c22-13-7-8-16(14-23)15-25-19(26)21(24-20(25)27,17-9-3-1-4-10-17)18-11-5-2-6-12-18/h1-6,9-12,16H,7-8,15H2,(H,24,27)/t16-/m0/s1. The van der Waals surface area contributed by atoms with Crippen molar-refractivity contribution in [2.24, 2.45) is 5.92 Å². The van der Waals surface area contributed by atoms with E-state index >= 15 is 0 Å². The smallest absolute Gasteiger partial charge is 0.315 e. The molecule has 2 aromatic carbocycles. The lowest BCUT2D eigenvalue weighted by molar-refractivity contribution is -0.130. The summed E-state index contributed by atoms with van der Waals surface area (Å²) in [5.74, 6) is -0.996. The van der Waals surface area contributed by atoms with E-state index in [2.05, 4.69) is 11.4 Å². The number of nitrogens with zero attached hydrogens (tertiary/aromatic N) is 3. The van der Waals surface area contributed by atoms with Gasteiger partial charge in [0.1, 0.15) is 0 Å². The van der Waals surface area contributed by atoms with Crippen molar-refractivity contribution >= 4 is 11.9 Å². The number of hydrogen-bond donors (Lipinski definition) is 1. The monoisotopic (exact) mass is 358 g/mol. The molecule has 3 rings (SSSR count). The number of nitrogens with one attached hydrogen (secondary N) is 1. The highest BCUT2D eigenvalue weighted by Crippen LogP contribution is 2.36. The lowest BCUT2D eigenvalue weighted by Gasteiger charge is -2.28. The summed E-state index contributed by atoms with van der Waals surface area (Å²) in [7, 11) is 0. The van der Waals surface area contributed by atoms with Crippen LogP contribution in [-0.4, -0.2) is 23.4 Å². The molecule has 0 aromatic heterocycles. The fraction of sp³-hybridized carbons (Fsp3) is 0.238. The summed E-state index contributed by atoms with van der Waals surface area (Å²) in [6, 6.07) is 21.7. The molecular weight excluding hydrogens is 340 g/mol. The van der Waals surface area contributed by atoms with E-state index in [0.29, 0.717) is 17.5 Å². The zero-order valence-corrected chi connectivity index (χ0v) is 14.6. The minimum absolute atomic E-state index is 0.0374. The van der Waals surface area contributed by atoms with Gasteiger partial charge in [-0.3, -0.25) is 9.69 Å². The lowest BCUT2D eigenvalue weighted by atomic mass is 9.82. The maximum absolute atomic E-state index is 13.4. The molecule has 1 heterocycles. The van der Waals surface area contributed by atoms with Crippen LogP contribution in [0.1, 0.15) is 24.0 Å². The van der Waals surface area contributed by atoms with Gasteiger partial charge in [0, 0.05) is 13.0 Å². The Morgan fingerprint density at radius 3 is 2.00 bits per heavy atom. The largest absolute Gasteiger partial charge is 0.325 e. The Kier molecular flexibility index (Phi) is 5.19. The highest BCUT2D eigenvalue weighted by atomic mass is 16.2. The molecule has 0 unspecified atom stereocenters. The van der Waals surface area contributed by atoms with Crippen molar-refractivity contribution in [2.45, 2.75) is 18.4 Å². The minimum atomic E-state index is -1.32. The first-order valence-corrected chi connectivity index (χ1v) is 8.65. The molecule has 0 aliphatic carbocycles. The molecule has 1 aliphatic heterocycles. The van der Waals surface area contributed by atoms with E-state index in [9.17, 15) is 14.9 Å². The van der Waals surface area contributed by atoms with Gasteiger partial charge in [0.25, 0.3) is 5.91 Å². The van der Waals surface area contributed by atoms with Crippen LogP contribution in [0.3, 0.4) is 0 Å². The van der Waals surface area contributed by atoms with Gasteiger partial charge in [0.2, 0.25) is 0 Å². The van der Waals surface area contributed by atoms with Crippen LogP contribution in [0.4, 0.5) is 4.79 Å². The summed E-state index contributed by atoms with van der Waals surface area (Å²) in [4.78, 5) is 27.2. The fourth-order valence-corrected chi connectivity index (χ4v) is 3.33. The zero-order valence-electron chi connectivity index (χ0n) is 14.6. The van der Waals surface area contributed by atoms with Gasteiger partial charge in [-0.15, -0.1) is 0 Å². The van der Waals surface area contributed by atoms with Crippen LogP contribution in [0.25, 0.3) is 0 Å². The van der Waals surface area contributed by atoms with Crippen LogP contribution >= 0.6 is 0 Å². The Balaban J connectivity index is 2.02. The van der Waals surface area contributed by atoms with Crippen LogP contribution in [0, 0.1) is 28.6 Å². The molecule has 3 amide bonds.